The first-order chi connectivity index (χ1) is 11.7. The van der Waals surface area contributed by atoms with Crippen LogP contribution in [0.4, 0.5) is 0 Å². The number of carbonyl (C=O) groups is 1. The smallest absolute Gasteiger partial charge is 0.153 e. The molecule has 2 heterocycles. The van der Waals surface area contributed by atoms with Crippen LogP contribution in [0.25, 0.3) is 16.9 Å². The Morgan fingerprint density at radius 1 is 1.25 bits per heavy atom. The van der Waals surface area contributed by atoms with Gasteiger partial charge in [-0.2, -0.15) is 5.10 Å². The molecule has 0 saturated carbocycles. The third kappa shape index (κ3) is 2.40. The molecular formula is C20H18N2O2. The summed E-state index contributed by atoms with van der Waals surface area (Å²) in [6.07, 6.45) is 3.73. The SMILES string of the molecule is Cc1cc(-c2nn(-c3ccccc3)cc2C=O)cc2c1O[C@H](C)C2. The second kappa shape index (κ2) is 5.64. The van der Waals surface area contributed by atoms with Gasteiger partial charge in [0.2, 0.25) is 0 Å². The average Bonchev–Trinajstić information content (AvgIpc) is 3.18. The molecule has 4 heteroatoms. The molecular weight excluding hydrogens is 300 g/mol. The van der Waals surface area contributed by atoms with Crippen molar-refractivity contribution in [3.8, 4) is 22.7 Å². The van der Waals surface area contributed by atoms with Crippen molar-refractivity contribution in [2.75, 3.05) is 0 Å². The molecule has 1 aliphatic heterocycles. The Bertz CT molecular complexity index is 913. The number of hydrogen-bond donors (Lipinski definition) is 0. The Balaban J connectivity index is 1.83. The number of nitrogens with zero attached hydrogens (tertiary/aromatic N) is 2. The van der Waals surface area contributed by atoms with Crippen LogP contribution in [0, 0.1) is 6.92 Å². The van der Waals surface area contributed by atoms with Crippen LogP contribution < -0.4 is 4.74 Å². The summed E-state index contributed by atoms with van der Waals surface area (Å²) >= 11 is 0. The number of para-hydroxylation sites is 1. The van der Waals surface area contributed by atoms with Crippen LogP contribution >= 0.6 is 0 Å². The topological polar surface area (TPSA) is 44.1 Å². The van der Waals surface area contributed by atoms with Crippen molar-refractivity contribution in [1.82, 2.24) is 9.78 Å². The Morgan fingerprint density at radius 2 is 2.04 bits per heavy atom. The van der Waals surface area contributed by atoms with Crippen LogP contribution in [0.2, 0.25) is 0 Å². The summed E-state index contributed by atoms with van der Waals surface area (Å²) in [5, 5.41) is 4.65. The summed E-state index contributed by atoms with van der Waals surface area (Å²) in [4.78, 5) is 11.5. The van der Waals surface area contributed by atoms with E-state index in [1.165, 1.54) is 5.56 Å². The quantitative estimate of drug-likeness (QED) is 0.686. The molecule has 0 fully saturated rings. The summed E-state index contributed by atoms with van der Waals surface area (Å²) in [6, 6.07) is 13.9. The molecule has 0 aliphatic carbocycles. The van der Waals surface area contributed by atoms with Gasteiger partial charge in [0.05, 0.1) is 11.3 Å². The predicted octanol–water partition coefficient (Wildman–Crippen LogP) is 3.98. The van der Waals surface area contributed by atoms with E-state index in [0.717, 1.165) is 35.3 Å². The summed E-state index contributed by atoms with van der Waals surface area (Å²) in [5.74, 6) is 0.974. The number of hydrogen-bond acceptors (Lipinski definition) is 3. The van der Waals surface area contributed by atoms with Crippen molar-refractivity contribution in [1.29, 1.82) is 0 Å². The van der Waals surface area contributed by atoms with Gasteiger partial charge in [0.15, 0.2) is 6.29 Å². The molecule has 1 aromatic heterocycles. The van der Waals surface area contributed by atoms with Crippen LogP contribution in [-0.2, 0) is 6.42 Å². The normalized spacial score (nSPS) is 15.8. The molecule has 0 N–H and O–H groups in total. The number of ether oxygens (including phenoxy) is 1. The molecule has 24 heavy (non-hydrogen) atoms. The van der Waals surface area contributed by atoms with Gasteiger partial charge in [-0.1, -0.05) is 18.2 Å². The highest BCUT2D eigenvalue weighted by molar-refractivity contribution is 5.86. The van der Waals surface area contributed by atoms with E-state index >= 15 is 0 Å². The van der Waals surface area contributed by atoms with E-state index in [2.05, 4.69) is 18.1 Å². The Labute approximate surface area is 140 Å². The van der Waals surface area contributed by atoms with Crippen molar-refractivity contribution in [2.24, 2.45) is 0 Å². The zero-order valence-corrected chi connectivity index (χ0v) is 13.7. The largest absolute Gasteiger partial charge is 0.490 e. The molecule has 4 nitrogen and oxygen atoms in total. The highest BCUT2D eigenvalue weighted by atomic mass is 16.5. The summed E-state index contributed by atoms with van der Waals surface area (Å²) in [5.41, 5.74) is 5.45. The van der Waals surface area contributed by atoms with Gasteiger partial charge in [-0.25, -0.2) is 4.68 Å². The van der Waals surface area contributed by atoms with Crippen LogP contribution in [0.15, 0.2) is 48.7 Å². The number of aryl methyl sites for hydroxylation is 1. The van der Waals surface area contributed by atoms with Gasteiger partial charge in [0.1, 0.15) is 17.5 Å². The maximum Gasteiger partial charge on any atom is 0.153 e. The molecule has 0 spiro atoms. The fourth-order valence-electron chi connectivity index (χ4n) is 3.27. The van der Waals surface area contributed by atoms with Gasteiger partial charge in [-0.15, -0.1) is 0 Å². The number of fused-ring (bicyclic) bond motifs is 1. The molecule has 2 aromatic carbocycles. The third-order valence-corrected chi connectivity index (χ3v) is 4.34. The summed E-state index contributed by atoms with van der Waals surface area (Å²) in [6.45, 7) is 4.11. The third-order valence-electron chi connectivity index (χ3n) is 4.34. The first-order valence-electron chi connectivity index (χ1n) is 8.06. The van der Waals surface area contributed by atoms with Crippen LogP contribution in [-0.4, -0.2) is 22.2 Å². The molecule has 1 aliphatic rings. The molecule has 0 radical (unpaired) electrons. The second-order valence-corrected chi connectivity index (χ2v) is 6.25. The minimum atomic E-state index is 0.196. The van der Waals surface area contributed by atoms with E-state index in [1.807, 2.05) is 43.3 Å². The number of rotatable bonds is 3. The lowest BCUT2D eigenvalue weighted by Crippen LogP contribution is -2.05. The van der Waals surface area contributed by atoms with Gasteiger partial charge >= 0.3 is 0 Å². The summed E-state index contributed by atoms with van der Waals surface area (Å²) in [7, 11) is 0. The first-order valence-corrected chi connectivity index (χ1v) is 8.06. The monoisotopic (exact) mass is 318 g/mol. The van der Waals surface area contributed by atoms with Crippen LogP contribution in [0.5, 0.6) is 5.75 Å². The van der Waals surface area contributed by atoms with E-state index in [1.54, 1.807) is 10.9 Å². The minimum absolute atomic E-state index is 0.196. The van der Waals surface area contributed by atoms with E-state index < -0.39 is 0 Å². The van der Waals surface area contributed by atoms with Crippen LogP contribution in [0.3, 0.4) is 0 Å². The highest BCUT2D eigenvalue weighted by Crippen LogP contribution is 2.36. The molecule has 0 bridgehead atoms. The Hall–Kier alpha value is -2.88. The highest BCUT2D eigenvalue weighted by Gasteiger charge is 2.23. The summed E-state index contributed by atoms with van der Waals surface area (Å²) < 4.78 is 7.62. The molecule has 0 saturated heterocycles. The Morgan fingerprint density at radius 3 is 2.79 bits per heavy atom. The number of carbonyl (C=O) groups excluding carboxylic acids is 1. The lowest BCUT2D eigenvalue weighted by molar-refractivity contribution is 0.112. The molecule has 0 amide bonds. The zero-order valence-electron chi connectivity index (χ0n) is 13.7. The standard InChI is InChI=1S/C20H18N2O2/c1-13-8-15(10-16-9-14(2)24-20(13)16)19-17(12-23)11-22(21-19)18-6-4-3-5-7-18/h3-8,10-12,14H,9H2,1-2H3/t14-/m1/s1. The lowest BCUT2D eigenvalue weighted by Gasteiger charge is -2.08. The predicted molar refractivity (Wildman–Crippen MR) is 92.9 cm³/mol. The molecule has 1 atom stereocenters. The van der Waals surface area contributed by atoms with Gasteiger partial charge in [0.25, 0.3) is 0 Å². The van der Waals surface area contributed by atoms with Crippen LogP contribution in [0.1, 0.15) is 28.4 Å². The molecule has 0 unspecified atom stereocenters. The number of benzene rings is 2. The molecule has 4 rings (SSSR count). The fraction of sp³-hybridized carbons (Fsp3) is 0.200. The number of aldehydes is 1. The van der Waals surface area contributed by atoms with Gasteiger partial charge in [-0.05, 0) is 49.2 Å². The fourth-order valence-corrected chi connectivity index (χ4v) is 3.27. The van der Waals surface area contributed by atoms with Crippen molar-refractivity contribution in [3.05, 3.63) is 65.4 Å². The van der Waals surface area contributed by atoms with Crippen molar-refractivity contribution in [2.45, 2.75) is 26.4 Å². The van der Waals surface area contributed by atoms with Crippen molar-refractivity contribution < 1.29 is 9.53 Å². The maximum atomic E-state index is 11.5. The van der Waals surface area contributed by atoms with E-state index in [0.29, 0.717) is 11.3 Å². The second-order valence-electron chi connectivity index (χ2n) is 6.25. The lowest BCUT2D eigenvalue weighted by atomic mass is 10.00. The molecule has 3 aromatic rings. The van der Waals surface area contributed by atoms with Gasteiger partial charge in [-0.3, -0.25) is 4.79 Å². The average molecular weight is 318 g/mol. The minimum Gasteiger partial charge on any atom is -0.490 e. The number of aromatic nitrogens is 2. The van der Waals surface area contributed by atoms with Gasteiger partial charge in [0, 0.05) is 18.2 Å². The van der Waals surface area contributed by atoms with E-state index in [-0.39, 0.29) is 6.10 Å². The van der Waals surface area contributed by atoms with E-state index in [4.69, 9.17) is 4.74 Å². The van der Waals surface area contributed by atoms with Gasteiger partial charge < -0.3 is 4.74 Å². The zero-order chi connectivity index (χ0) is 16.7. The maximum absolute atomic E-state index is 11.5. The van der Waals surface area contributed by atoms with E-state index in [9.17, 15) is 4.79 Å². The van der Waals surface area contributed by atoms with Crippen molar-refractivity contribution >= 4 is 6.29 Å². The first kappa shape index (κ1) is 14.7. The molecule has 120 valence electrons. The van der Waals surface area contributed by atoms with Crippen molar-refractivity contribution in [3.63, 3.8) is 0 Å². The Kier molecular flexibility index (Phi) is 3.45.